The van der Waals surface area contributed by atoms with Crippen LogP contribution in [-0.2, 0) is 0 Å². The third kappa shape index (κ3) is 1.45. The lowest BCUT2D eigenvalue weighted by Gasteiger charge is -2.13. The molecule has 0 heterocycles. The molecule has 0 atom stereocenters. The van der Waals surface area contributed by atoms with Gasteiger partial charge in [-0.2, -0.15) is 0 Å². The van der Waals surface area contributed by atoms with Crippen molar-refractivity contribution in [3.63, 3.8) is 0 Å². The van der Waals surface area contributed by atoms with Crippen molar-refractivity contribution in [3.8, 4) is 0 Å². The van der Waals surface area contributed by atoms with Gasteiger partial charge in [-0.15, -0.1) is 0 Å². The van der Waals surface area contributed by atoms with E-state index < -0.39 is 0 Å². The van der Waals surface area contributed by atoms with Gasteiger partial charge in [0.05, 0.1) is 0 Å². The number of allylic oxidation sites excluding steroid dienone is 4. The Labute approximate surface area is 123 Å². The van der Waals surface area contributed by atoms with Gasteiger partial charge < -0.3 is 0 Å². The maximum Gasteiger partial charge on any atom is -0.00206 e. The number of hydrogen-bond donors (Lipinski definition) is 0. The molecular weight excluding hydrogens is 252 g/mol. The van der Waals surface area contributed by atoms with Crippen molar-refractivity contribution in [2.45, 2.75) is 6.42 Å². The second-order valence-corrected chi connectivity index (χ2v) is 5.67. The first-order valence-electron chi connectivity index (χ1n) is 7.36. The molecule has 1 aliphatic carbocycles. The maximum atomic E-state index is 3.45. The van der Waals surface area contributed by atoms with Crippen molar-refractivity contribution in [3.05, 3.63) is 78.4 Å². The molecule has 97 valence electrons. The first-order valence-corrected chi connectivity index (χ1v) is 7.36. The van der Waals surface area contributed by atoms with Crippen LogP contribution in [0, 0.1) is 6.08 Å². The van der Waals surface area contributed by atoms with Crippen LogP contribution < -0.4 is 0 Å². The van der Waals surface area contributed by atoms with E-state index in [4.69, 9.17) is 0 Å². The minimum absolute atomic E-state index is 0.928. The van der Waals surface area contributed by atoms with Gasteiger partial charge in [-0.25, -0.2) is 0 Å². The summed E-state index contributed by atoms with van der Waals surface area (Å²) in [7, 11) is 0. The van der Waals surface area contributed by atoms with E-state index >= 15 is 0 Å². The van der Waals surface area contributed by atoms with Crippen molar-refractivity contribution >= 4 is 37.9 Å². The van der Waals surface area contributed by atoms with Crippen LogP contribution in [0.3, 0.4) is 0 Å². The van der Waals surface area contributed by atoms with Crippen molar-refractivity contribution in [2.24, 2.45) is 0 Å². The van der Waals surface area contributed by atoms with Gasteiger partial charge in [-0.1, -0.05) is 66.7 Å². The van der Waals surface area contributed by atoms with E-state index in [1.807, 2.05) is 0 Å². The molecule has 0 unspecified atom stereocenters. The second kappa shape index (κ2) is 3.95. The minimum Gasteiger partial charge on any atom is -0.0795 e. The molecule has 0 spiro atoms. The van der Waals surface area contributed by atoms with E-state index in [0.717, 1.165) is 6.42 Å². The smallest absolute Gasteiger partial charge is 0.00206 e. The van der Waals surface area contributed by atoms with Crippen molar-refractivity contribution in [1.82, 2.24) is 0 Å². The highest BCUT2D eigenvalue weighted by Crippen LogP contribution is 2.38. The van der Waals surface area contributed by atoms with E-state index in [1.54, 1.807) is 0 Å². The monoisotopic (exact) mass is 265 g/mol. The fourth-order valence-corrected chi connectivity index (χ4v) is 3.56. The average molecular weight is 265 g/mol. The molecule has 4 aromatic carbocycles. The second-order valence-electron chi connectivity index (χ2n) is 5.67. The molecule has 0 amide bonds. The topological polar surface area (TPSA) is 0 Å². The van der Waals surface area contributed by atoms with Crippen molar-refractivity contribution < 1.29 is 0 Å². The zero-order valence-corrected chi connectivity index (χ0v) is 11.6. The summed E-state index contributed by atoms with van der Waals surface area (Å²) in [6.45, 7) is 0. The summed E-state index contributed by atoms with van der Waals surface area (Å²) >= 11 is 0. The van der Waals surface area contributed by atoms with Gasteiger partial charge >= 0.3 is 0 Å². The summed E-state index contributed by atoms with van der Waals surface area (Å²) in [4.78, 5) is 0. The standard InChI is InChI=1S/C21H13/c1-2-5-14(4-1)18-12-10-17-9-8-15-6-3-7-16-11-13-19(18)21(17)20(15)16/h1,3-4,6-13H,2H2. The molecule has 0 saturated carbocycles. The molecule has 0 aliphatic heterocycles. The van der Waals surface area contributed by atoms with E-state index in [9.17, 15) is 0 Å². The predicted octanol–water partition coefficient (Wildman–Crippen LogP) is 5.73. The predicted molar refractivity (Wildman–Crippen MR) is 90.6 cm³/mol. The molecule has 1 aliphatic rings. The Kier molecular flexibility index (Phi) is 2.09. The summed E-state index contributed by atoms with van der Waals surface area (Å²) < 4.78 is 0. The van der Waals surface area contributed by atoms with E-state index in [2.05, 4.69) is 72.8 Å². The molecular formula is C21H13. The number of hydrogen-bond acceptors (Lipinski definition) is 0. The average Bonchev–Trinajstić information content (AvgIpc) is 3.07. The Morgan fingerprint density at radius 2 is 1.43 bits per heavy atom. The van der Waals surface area contributed by atoms with Gasteiger partial charge in [0.1, 0.15) is 0 Å². The molecule has 0 saturated heterocycles. The summed E-state index contributed by atoms with van der Waals surface area (Å²) in [5, 5.41) is 8.08. The van der Waals surface area contributed by atoms with Gasteiger partial charge in [0, 0.05) is 0 Å². The molecule has 0 fully saturated rings. The first-order chi connectivity index (χ1) is 10.4. The highest BCUT2D eigenvalue weighted by Gasteiger charge is 2.12. The molecule has 21 heavy (non-hydrogen) atoms. The zero-order chi connectivity index (χ0) is 13.8. The van der Waals surface area contributed by atoms with Crippen LogP contribution in [0.5, 0.6) is 0 Å². The number of rotatable bonds is 1. The molecule has 5 rings (SSSR count). The Hall–Kier alpha value is -2.60. The largest absolute Gasteiger partial charge is 0.0795 e. The Morgan fingerprint density at radius 3 is 2.19 bits per heavy atom. The van der Waals surface area contributed by atoms with Crippen LogP contribution in [0.2, 0.25) is 0 Å². The molecule has 4 aromatic rings. The lowest BCUT2D eigenvalue weighted by molar-refractivity contribution is 1.40. The third-order valence-corrected chi connectivity index (χ3v) is 4.51. The highest BCUT2D eigenvalue weighted by atomic mass is 14.2. The lowest BCUT2D eigenvalue weighted by atomic mass is 9.90. The van der Waals surface area contributed by atoms with E-state index in [1.165, 1.54) is 43.5 Å². The maximum absolute atomic E-state index is 3.45. The van der Waals surface area contributed by atoms with Gasteiger partial charge in [-0.05, 0) is 56.0 Å². The van der Waals surface area contributed by atoms with Gasteiger partial charge in [0.15, 0.2) is 0 Å². The van der Waals surface area contributed by atoms with E-state index in [-0.39, 0.29) is 0 Å². The van der Waals surface area contributed by atoms with Crippen LogP contribution in [0.15, 0.2) is 66.7 Å². The van der Waals surface area contributed by atoms with Gasteiger partial charge in [0.2, 0.25) is 0 Å². The van der Waals surface area contributed by atoms with Crippen molar-refractivity contribution in [1.29, 1.82) is 0 Å². The molecule has 0 nitrogen and oxygen atoms in total. The molecule has 1 radical (unpaired) electrons. The first kappa shape index (κ1) is 11.1. The fraction of sp³-hybridized carbons (Fsp3) is 0.0476. The normalized spacial score (nSPS) is 14.6. The van der Waals surface area contributed by atoms with Crippen LogP contribution >= 0.6 is 0 Å². The third-order valence-electron chi connectivity index (χ3n) is 4.51. The summed E-state index contributed by atoms with van der Waals surface area (Å²) in [6.07, 6.45) is 8.74. The van der Waals surface area contributed by atoms with E-state index in [0.29, 0.717) is 0 Å². The van der Waals surface area contributed by atoms with Crippen LogP contribution in [-0.4, -0.2) is 0 Å². The minimum atomic E-state index is 0.928. The summed E-state index contributed by atoms with van der Waals surface area (Å²) in [6, 6.07) is 20.0. The van der Waals surface area contributed by atoms with Crippen LogP contribution in [0.1, 0.15) is 12.0 Å². The fourth-order valence-electron chi connectivity index (χ4n) is 3.56. The number of benzene rings is 4. The summed E-state index contributed by atoms with van der Waals surface area (Å²) in [5.41, 5.74) is 2.53. The highest BCUT2D eigenvalue weighted by molar-refractivity contribution is 6.24. The Balaban J connectivity index is 2.04. The van der Waals surface area contributed by atoms with Gasteiger partial charge in [0.25, 0.3) is 0 Å². The van der Waals surface area contributed by atoms with Crippen LogP contribution in [0.25, 0.3) is 37.9 Å². The van der Waals surface area contributed by atoms with Crippen molar-refractivity contribution in [2.75, 3.05) is 0 Å². The summed E-state index contributed by atoms with van der Waals surface area (Å²) in [5.74, 6) is 0. The molecule has 0 N–H and O–H groups in total. The molecule has 0 aromatic heterocycles. The Bertz CT molecular complexity index is 1030. The van der Waals surface area contributed by atoms with Crippen LogP contribution in [0.4, 0.5) is 0 Å². The Morgan fingerprint density at radius 1 is 0.714 bits per heavy atom. The van der Waals surface area contributed by atoms with Gasteiger partial charge in [-0.3, -0.25) is 0 Å². The zero-order valence-electron chi connectivity index (χ0n) is 11.6. The SMILES string of the molecule is [C]1=C(c2ccc3ccc4cccc5ccc2c3c45)C=CC1. The molecule has 0 heteroatoms. The lowest BCUT2D eigenvalue weighted by Crippen LogP contribution is -1.88. The molecule has 0 bridgehead atoms. The quantitative estimate of drug-likeness (QED) is 0.385.